The Labute approximate surface area is 208 Å². The normalized spacial score (nSPS) is 11.1. The van der Waals surface area contributed by atoms with Gasteiger partial charge in [0.15, 0.2) is 11.5 Å². The summed E-state index contributed by atoms with van der Waals surface area (Å²) in [5, 5.41) is 6.48. The number of fused-ring (bicyclic) bond motifs is 1. The minimum atomic E-state index is -0.457. The molecule has 3 aromatic carbocycles. The van der Waals surface area contributed by atoms with Crippen molar-refractivity contribution in [2.24, 2.45) is 0 Å². The summed E-state index contributed by atoms with van der Waals surface area (Å²) < 4.78 is 16.1. The van der Waals surface area contributed by atoms with Crippen molar-refractivity contribution >= 4 is 28.8 Å². The van der Waals surface area contributed by atoms with Crippen molar-refractivity contribution in [2.45, 2.75) is 6.54 Å². The predicted molar refractivity (Wildman–Crippen MR) is 138 cm³/mol. The molecule has 0 aliphatic rings. The molecular formula is C28H27N3O5. The van der Waals surface area contributed by atoms with Gasteiger partial charge in [0.1, 0.15) is 11.4 Å². The zero-order valence-electron chi connectivity index (χ0n) is 20.3. The fourth-order valence-corrected chi connectivity index (χ4v) is 3.83. The third-order valence-electron chi connectivity index (χ3n) is 5.67. The first-order chi connectivity index (χ1) is 17.5. The van der Waals surface area contributed by atoms with Crippen LogP contribution in [0.4, 0.5) is 0 Å². The van der Waals surface area contributed by atoms with Crippen LogP contribution in [0.2, 0.25) is 0 Å². The number of carbonyl (C=O) groups excluding carboxylic acids is 2. The number of amides is 2. The van der Waals surface area contributed by atoms with Crippen LogP contribution in [0.25, 0.3) is 17.0 Å². The number of methoxy groups -OCH3 is 3. The average Bonchev–Trinajstić information content (AvgIpc) is 3.33. The lowest BCUT2D eigenvalue weighted by molar-refractivity contribution is -0.117. The molecule has 1 heterocycles. The maximum Gasteiger partial charge on any atom is 0.268 e. The maximum absolute atomic E-state index is 13.3. The highest BCUT2D eigenvalue weighted by Gasteiger charge is 2.17. The number of para-hydroxylation sites is 1. The fraction of sp³-hybridized carbons (Fsp3) is 0.143. The highest BCUT2D eigenvalue weighted by Crippen LogP contribution is 2.30. The van der Waals surface area contributed by atoms with Gasteiger partial charge in [0.05, 0.1) is 21.3 Å². The quantitative estimate of drug-likeness (QED) is 0.307. The molecule has 0 bridgehead atoms. The standard InChI is InChI=1S/C28H27N3O5/c1-34-21-12-13-23-22(15-21)20(17-29-23)14-24(31-27(32)18-8-5-4-6-9-18)28(33)30-16-19-10-7-11-25(35-2)26(19)36-3/h4-15,17,29H,16H2,1-3H3,(H,30,33)(H,31,32). The topological polar surface area (TPSA) is 102 Å². The van der Waals surface area contributed by atoms with E-state index in [1.54, 1.807) is 63.9 Å². The second-order valence-corrected chi connectivity index (χ2v) is 7.87. The number of hydrogen-bond donors (Lipinski definition) is 3. The van der Waals surface area contributed by atoms with Crippen LogP contribution in [-0.4, -0.2) is 38.1 Å². The highest BCUT2D eigenvalue weighted by atomic mass is 16.5. The van der Waals surface area contributed by atoms with Crippen molar-refractivity contribution in [3.8, 4) is 17.2 Å². The van der Waals surface area contributed by atoms with Gasteiger partial charge in [-0.15, -0.1) is 0 Å². The van der Waals surface area contributed by atoms with Gasteiger partial charge >= 0.3 is 0 Å². The number of aromatic amines is 1. The lowest BCUT2D eigenvalue weighted by Gasteiger charge is -2.14. The van der Waals surface area contributed by atoms with Crippen LogP contribution in [0.5, 0.6) is 17.2 Å². The third kappa shape index (κ3) is 5.33. The number of nitrogens with one attached hydrogen (secondary N) is 3. The van der Waals surface area contributed by atoms with E-state index < -0.39 is 11.8 Å². The van der Waals surface area contributed by atoms with Gasteiger partial charge in [0.25, 0.3) is 11.8 Å². The maximum atomic E-state index is 13.3. The van der Waals surface area contributed by atoms with Crippen molar-refractivity contribution < 1.29 is 23.8 Å². The van der Waals surface area contributed by atoms with E-state index in [4.69, 9.17) is 14.2 Å². The molecule has 36 heavy (non-hydrogen) atoms. The first kappa shape index (κ1) is 24.4. The average molecular weight is 486 g/mol. The first-order valence-electron chi connectivity index (χ1n) is 11.2. The van der Waals surface area contributed by atoms with Crippen LogP contribution in [0.1, 0.15) is 21.5 Å². The summed E-state index contributed by atoms with van der Waals surface area (Å²) >= 11 is 0. The fourth-order valence-electron chi connectivity index (χ4n) is 3.83. The van der Waals surface area contributed by atoms with Crippen molar-refractivity contribution in [3.63, 3.8) is 0 Å². The summed E-state index contributed by atoms with van der Waals surface area (Å²) in [5.41, 5.74) is 2.86. The molecule has 0 saturated heterocycles. The number of aromatic nitrogens is 1. The van der Waals surface area contributed by atoms with Crippen molar-refractivity contribution in [2.75, 3.05) is 21.3 Å². The van der Waals surface area contributed by atoms with Crippen LogP contribution >= 0.6 is 0 Å². The van der Waals surface area contributed by atoms with Crippen molar-refractivity contribution in [1.82, 2.24) is 15.6 Å². The zero-order chi connectivity index (χ0) is 25.5. The second-order valence-electron chi connectivity index (χ2n) is 7.87. The summed E-state index contributed by atoms with van der Waals surface area (Å²) in [4.78, 5) is 29.4. The van der Waals surface area contributed by atoms with Gasteiger partial charge in [0.2, 0.25) is 0 Å². The van der Waals surface area contributed by atoms with Gasteiger partial charge in [0, 0.05) is 40.3 Å². The van der Waals surface area contributed by atoms with Gasteiger partial charge in [-0.3, -0.25) is 9.59 Å². The number of rotatable bonds is 9. The van der Waals surface area contributed by atoms with E-state index in [1.165, 1.54) is 0 Å². The molecule has 3 N–H and O–H groups in total. The molecule has 1 aromatic heterocycles. The molecule has 0 radical (unpaired) electrons. The van der Waals surface area contributed by atoms with Gasteiger partial charge in [-0.1, -0.05) is 30.3 Å². The molecule has 8 heteroatoms. The second kappa shape index (κ2) is 11.1. The van der Waals surface area contributed by atoms with Crippen LogP contribution < -0.4 is 24.8 Å². The molecule has 0 aliphatic carbocycles. The minimum absolute atomic E-state index is 0.0921. The van der Waals surface area contributed by atoms with Gasteiger partial charge in [-0.2, -0.15) is 0 Å². The lowest BCUT2D eigenvalue weighted by atomic mass is 10.1. The van der Waals surface area contributed by atoms with E-state index in [0.717, 1.165) is 22.0 Å². The number of ether oxygens (including phenoxy) is 3. The summed E-state index contributed by atoms with van der Waals surface area (Å²) in [6.45, 7) is 0.166. The molecule has 4 rings (SSSR count). The molecule has 0 atom stereocenters. The Bertz CT molecular complexity index is 1410. The van der Waals surface area contributed by atoms with E-state index in [-0.39, 0.29) is 12.2 Å². The predicted octanol–water partition coefficient (Wildman–Crippen LogP) is 4.28. The van der Waals surface area contributed by atoms with Gasteiger partial charge in [-0.25, -0.2) is 0 Å². The SMILES string of the molecule is COc1ccc2[nH]cc(C=C(NC(=O)c3ccccc3)C(=O)NCc3cccc(OC)c3OC)c2c1. The molecular weight excluding hydrogens is 458 g/mol. The Hall–Kier alpha value is -4.72. The highest BCUT2D eigenvalue weighted by molar-refractivity contribution is 6.06. The Balaban J connectivity index is 1.65. The molecule has 0 saturated carbocycles. The molecule has 0 fully saturated rings. The molecule has 4 aromatic rings. The van der Waals surface area contributed by atoms with Crippen LogP contribution in [0, 0.1) is 0 Å². The van der Waals surface area contributed by atoms with E-state index >= 15 is 0 Å². The Morgan fingerprint density at radius 3 is 2.44 bits per heavy atom. The summed E-state index contributed by atoms with van der Waals surface area (Å²) in [6.07, 6.45) is 3.41. The van der Waals surface area contributed by atoms with Gasteiger partial charge < -0.3 is 29.8 Å². The molecule has 0 spiro atoms. The zero-order valence-corrected chi connectivity index (χ0v) is 20.3. The number of H-pyrrole nitrogens is 1. The largest absolute Gasteiger partial charge is 0.497 e. The Morgan fingerprint density at radius 1 is 0.917 bits per heavy atom. The van der Waals surface area contributed by atoms with Crippen molar-refractivity contribution in [1.29, 1.82) is 0 Å². The summed E-state index contributed by atoms with van der Waals surface area (Å²) in [6, 6.07) is 19.7. The Morgan fingerprint density at radius 2 is 1.72 bits per heavy atom. The van der Waals surface area contributed by atoms with E-state index in [1.807, 2.05) is 36.4 Å². The van der Waals surface area contributed by atoms with E-state index in [9.17, 15) is 9.59 Å². The third-order valence-corrected chi connectivity index (χ3v) is 5.67. The smallest absolute Gasteiger partial charge is 0.268 e. The summed E-state index contributed by atoms with van der Waals surface area (Å²) in [7, 11) is 4.69. The first-order valence-corrected chi connectivity index (χ1v) is 11.2. The molecule has 0 aliphatic heterocycles. The van der Waals surface area contributed by atoms with Gasteiger partial charge in [-0.05, 0) is 42.5 Å². The van der Waals surface area contributed by atoms with Crippen LogP contribution in [0.15, 0.2) is 78.6 Å². The van der Waals surface area contributed by atoms with Crippen LogP contribution in [-0.2, 0) is 11.3 Å². The lowest BCUT2D eigenvalue weighted by Crippen LogP contribution is -2.34. The van der Waals surface area contributed by atoms with Crippen molar-refractivity contribution in [3.05, 3.63) is 95.3 Å². The van der Waals surface area contributed by atoms with E-state index in [0.29, 0.717) is 22.8 Å². The number of carbonyl (C=O) groups is 2. The molecule has 0 unspecified atom stereocenters. The van der Waals surface area contributed by atoms with E-state index in [2.05, 4.69) is 15.6 Å². The Kier molecular flexibility index (Phi) is 7.55. The number of benzene rings is 3. The van der Waals surface area contributed by atoms with Crippen LogP contribution in [0.3, 0.4) is 0 Å². The minimum Gasteiger partial charge on any atom is -0.497 e. The summed E-state index contributed by atoms with van der Waals surface area (Å²) in [5.74, 6) is 0.920. The monoisotopic (exact) mass is 485 g/mol. The molecule has 8 nitrogen and oxygen atoms in total. The molecule has 2 amide bonds. The number of hydrogen-bond acceptors (Lipinski definition) is 5. The molecule has 184 valence electrons.